The van der Waals surface area contributed by atoms with Crippen LogP contribution < -0.4 is 10.1 Å². The van der Waals surface area contributed by atoms with E-state index in [0.717, 1.165) is 6.54 Å². The fraction of sp³-hybridized carbons (Fsp3) is 0.364. The van der Waals surface area contributed by atoms with Gasteiger partial charge in [0.05, 0.1) is 13.7 Å². The molecule has 2 aromatic rings. The van der Waals surface area contributed by atoms with Crippen LogP contribution in [0.15, 0.2) is 18.2 Å². The van der Waals surface area contributed by atoms with Gasteiger partial charge < -0.3 is 10.1 Å². The molecule has 0 aliphatic carbocycles. The third-order valence-electron chi connectivity index (χ3n) is 2.44. The molecule has 0 amide bonds. The first kappa shape index (κ1) is 12.4. The highest BCUT2D eigenvalue weighted by atomic mass is 19.1. The van der Waals surface area contributed by atoms with Crippen molar-refractivity contribution in [3.05, 3.63) is 29.8 Å². The van der Waals surface area contributed by atoms with E-state index in [1.54, 1.807) is 6.07 Å². The van der Waals surface area contributed by atoms with Gasteiger partial charge in [-0.15, -0.1) is 5.10 Å². The minimum absolute atomic E-state index is 0.364. The molecule has 0 saturated heterocycles. The molecular formula is C11H14FN5O. The van der Waals surface area contributed by atoms with Crippen LogP contribution in [-0.4, -0.2) is 33.9 Å². The number of aromatic nitrogens is 4. The van der Waals surface area contributed by atoms with Crippen molar-refractivity contribution in [2.24, 2.45) is 0 Å². The first-order valence-electron chi connectivity index (χ1n) is 5.58. The number of ether oxygens (including phenoxy) is 1. The van der Waals surface area contributed by atoms with Crippen LogP contribution in [-0.2, 0) is 6.54 Å². The van der Waals surface area contributed by atoms with E-state index < -0.39 is 0 Å². The van der Waals surface area contributed by atoms with Crippen molar-refractivity contribution in [3.63, 3.8) is 0 Å². The maximum atomic E-state index is 13.1. The van der Waals surface area contributed by atoms with Gasteiger partial charge in [0.2, 0.25) is 0 Å². The monoisotopic (exact) mass is 251 g/mol. The van der Waals surface area contributed by atoms with Crippen molar-refractivity contribution < 1.29 is 9.13 Å². The average molecular weight is 251 g/mol. The summed E-state index contributed by atoms with van der Waals surface area (Å²) in [6.07, 6.45) is 0. The van der Waals surface area contributed by atoms with Crippen molar-refractivity contribution in [3.8, 4) is 11.4 Å². The SMILES string of the molecule is CCNCc1nnnn1-c1ccc(F)cc1OC. The van der Waals surface area contributed by atoms with E-state index in [1.807, 2.05) is 6.92 Å². The standard InChI is InChI=1S/C11H14FN5O/c1-3-13-7-11-14-15-16-17(11)9-5-4-8(12)6-10(9)18-2/h4-6,13H,3,7H2,1-2H3. The highest BCUT2D eigenvalue weighted by Crippen LogP contribution is 2.23. The van der Waals surface area contributed by atoms with Gasteiger partial charge in [-0.2, -0.15) is 4.68 Å². The summed E-state index contributed by atoms with van der Waals surface area (Å²) >= 11 is 0. The van der Waals surface area contributed by atoms with Gasteiger partial charge in [-0.05, 0) is 29.1 Å². The first-order valence-corrected chi connectivity index (χ1v) is 5.58. The van der Waals surface area contributed by atoms with Gasteiger partial charge in [0.1, 0.15) is 17.3 Å². The zero-order chi connectivity index (χ0) is 13.0. The summed E-state index contributed by atoms with van der Waals surface area (Å²) in [4.78, 5) is 0. The van der Waals surface area contributed by atoms with Crippen molar-refractivity contribution in [2.75, 3.05) is 13.7 Å². The predicted molar refractivity (Wildman–Crippen MR) is 63.0 cm³/mol. The summed E-state index contributed by atoms with van der Waals surface area (Å²) < 4.78 is 19.8. The average Bonchev–Trinajstić information content (AvgIpc) is 2.84. The lowest BCUT2D eigenvalue weighted by Gasteiger charge is -2.09. The highest BCUT2D eigenvalue weighted by Gasteiger charge is 2.12. The van der Waals surface area contributed by atoms with Crippen molar-refractivity contribution in [1.82, 2.24) is 25.5 Å². The van der Waals surface area contributed by atoms with Crippen LogP contribution in [0.1, 0.15) is 12.7 Å². The number of methoxy groups -OCH3 is 1. The Labute approximate surface area is 104 Å². The Morgan fingerprint density at radius 1 is 1.44 bits per heavy atom. The smallest absolute Gasteiger partial charge is 0.170 e. The number of hydrogen-bond donors (Lipinski definition) is 1. The zero-order valence-electron chi connectivity index (χ0n) is 10.2. The lowest BCUT2D eigenvalue weighted by Crippen LogP contribution is -2.16. The predicted octanol–water partition coefficient (Wildman–Crippen LogP) is 0.919. The van der Waals surface area contributed by atoms with Gasteiger partial charge >= 0.3 is 0 Å². The van der Waals surface area contributed by atoms with Crippen LogP contribution in [0.25, 0.3) is 5.69 Å². The Balaban J connectivity index is 2.39. The summed E-state index contributed by atoms with van der Waals surface area (Å²) in [5, 5.41) is 14.6. The zero-order valence-corrected chi connectivity index (χ0v) is 10.2. The van der Waals surface area contributed by atoms with E-state index in [1.165, 1.54) is 23.9 Å². The Hall–Kier alpha value is -2.02. The molecule has 0 aliphatic heterocycles. The number of halogens is 1. The number of hydrogen-bond acceptors (Lipinski definition) is 5. The van der Waals surface area contributed by atoms with E-state index in [-0.39, 0.29) is 5.82 Å². The lowest BCUT2D eigenvalue weighted by atomic mass is 10.3. The molecule has 0 atom stereocenters. The first-order chi connectivity index (χ1) is 8.76. The molecule has 0 saturated carbocycles. The minimum Gasteiger partial charge on any atom is -0.494 e. The van der Waals surface area contributed by atoms with Gasteiger partial charge in [-0.1, -0.05) is 6.92 Å². The number of nitrogens with zero attached hydrogens (tertiary/aromatic N) is 4. The molecule has 2 rings (SSSR count). The van der Waals surface area contributed by atoms with E-state index in [0.29, 0.717) is 23.8 Å². The fourth-order valence-electron chi connectivity index (χ4n) is 1.57. The summed E-state index contributed by atoms with van der Waals surface area (Å²) in [5.41, 5.74) is 0.608. The van der Waals surface area contributed by atoms with Gasteiger partial charge in [0, 0.05) is 6.07 Å². The maximum Gasteiger partial charge on any atom is 0.170 e. The molecule has 0 bridgehead atoms. The number of rotatable bonds is 5. The summed E-state index contributed by atoms with van der Waals surface area (Å²) in [5.74, 6) is 0.665. The second-order valence-corrected chi connectivity index (χ2v) is 3.60. The van der Waals surface area contributed by atoms with Gasteiger partial charge in [-0.3, -0.25) is 0 Å². The van der Waals surface area contributed by atoms with Gasteiger partial charge in [0.15, 0.2) is 5.82 Å². The third kappa shape index (κ3) is 2.45. The molecule has 1 aromatic carbocycles. The van der Waals surface area contributed by atoms with Gasteiger partial charge in [-0.25, -0.2) is 4.39 Å². The fourth-order valence-corrected chi connectivity index (χ4v) is 1.57. The van der Waals surface area contributed by atoms with Crippen molar-refractivity contribution >= 4 is 0 Å². The van der Waals surface area contributed by atoms with Crippen LogP contribution in [0, 0.1) is 5.82 Å². The Kier molecular flexibility index (Phi) is 3.83. The van der Waals surface area contributed by atoms with Gasteiger partial charge in [0.25, 0.3) is 0 Å². The van der Waals surface area contributed by atoms with Crippen LogP contribution in [0.4, 0.5) is 4.39 Å². The number of tetrazole rings is 1. The molecule has 0 radical (unpaired) electrons. The van der Waals surface area contributed by atoms with Crippen LogP contribution in [0.2, 0.25) is 0 Å². The second kappa shape index (κ2) is 5.54. The molecule has 0 fully saturated rings. The third-order valence-corrected chi connectivity index (χ3v) is 2.44. The topological polar surface area (TPSA) is 64.9 Å². The molecule has 18 heavy (non-hydrogen) atoms. The summed E-state index contributed by atoms with van der Waals surface area (Å²) in [6.45, 7) is 3.34. The van der Waals surface area contributed by atoms with Crippen LogP contribution in [0.5, 0.6) is 5.75 Å². The largest absolute Gasteiger partial charge is 0.494 e. The van der Waals surface area contributed by atoms with E-state index in [2.05, 4.69) is 20.8 Å². The Bertz CT molecular complexity index is 528. The quantitative estimate of drug-likeness (QED) is 0.856. The summed E-state index contributed by atoms with van der Waals surface area (Å²) in [7, 11) is 1.48. The van der Waals surface area contributed by atoms with Crippen molar-refractivity contribution in [1.29, 1.82) is 0 Å². The van der Waals surface area contributed by atoms with Crippen molar-refractivity contribution in [2.45, 2.75) is 13.5 Å². The van der Waals surface area contributed by atoms with E-state index in [9.17, 15) is 4.39 Å². The lowest BCUT2D eigenvalue weighted by molar-refractivity contribution is 0.407. The number of benzene rings is 1. The summed E-state index contributed by atoms with van der Waals surface area (Å²) in [6, 6.07) is 4.23. The molecule has 0 spiro atoms. The molecule has 6 nitrogen and oxygen atoms in total. The normalized spacial score (nSPS) is 10.6. The number of nitrogens with one attached hydrogen (secondary N) is 1. The maximum absolute atomic E-state index is 13.1. The second-order valence-electron chi connectivity index (χ2n) is 3.60. The molecule has 0 aliphatic rings. The van der Waals surface area contributed by atoms with Crippen LogP contribution >= 0.6 is 0 Å². The Morgan fingerprint density at radius 3 is 3.00 bits per heavy atom. The minimum atomic E-state index is -0.364. The molecule has 0 unspecified atom stereocenters. The molecule has 1 heterocycles. The van der Waals surface area contributed by atoms with E-state index in [4.69, 9.17) is 4.74 Å². The molecule has 1 aromatic heterocycles. The Morgan fingerprint density at radius 2 is 2.28 bits per heavy atom. The van der Waals surface area contributed by atoms with Crippen LogP contribution in [0.3, 0.4) is 0 Å². The van der Waals surface area contributed by atoms with E-state index >= 15 is 0 Å². The molecule has 96 valence electrons. The highest BCUT2D eigenvalue weighted by molar-refractivity contribution is 5.46. The molecule has 7 heteroatoms. The molecule has 1 N–H and O–H groups in total. The molecular weight excluding hydrogens is 237 g/mol.